The maximum absolute atomic E-state index is 9.11. The summed E-state index contributed by atoms with van der Waals surface area (Å²) in [6.45, 7) is 8.51. The zero-order chi connectivity index (χ0) is 9.41. The molecular weight excluding hydrogens is 148 g/mol. The van der Waals surface area contributed by atoms with Crippen LogP contribution in [-0.2, 0) is 0 Å². The largest absolute Gasteiger partial charge is 0.297 e. The Morgan fingerprint density at radius 1 is 1.33 bits per heavy atom. The van der Waals surface area contributed by atoms with Crippen molar-refractivity contribution < 1.29 is 0 Å². The minimum Gasteiger partial charge on any atom is -0.297 e. The van der Waals surface area contributed by atoms with E-state index in [0.29, 0.717) is 6.04 Å². The number of nitriles is 1. The van der Waals surface area contributed by atoms with Crippen molar-refractivity contribution in [2.75, 3.05) is 0 Å². The number of nitrogens with zero attached hydrogens (tertiary/aromatic N) is 1. The van der Waals surface area contributed by atoms with Crippen molar-refractivity contribution in [2.24, 2.45) is 5.41 Å². The minimum absolute atomic E-state index is 0.145. The molecule has 68 valence electrons. The molecular formula is C10H18N2. The molecule has 1 aliphatic carbocycles. The second-order valence-corrected chi connectivity index (χ2v) is 4.70. The minimum atomic E-state index is -0.263. The molecule has 1 saturated carbocycles. The van der Waals surface area contributed by atoms with Crippen molar-refractivity contribution in [3.05, 3.63) is 0 Å². The van der Waals surface area contributed by atoms with Crippen LogP contribution in [0.25, 0.3) is 0 Å². The Bertz CT molecular complexity index is 212. The van der Waals surface area contributed by atoms with Gasteiger partial charge in [-0.1, -0.05) is 13.8 Å². The van der Waals surface area contributed by atoms with Crippen LogP contribution in [-0.4, -0.2) is 11.6 Å². The van der Waals surface area contributed by atoms with Crippen LogP contribution in [0.1, 0.15) is 40.5 Å². The predicted octanol–water partition coefficient (Wildman–Crippen LogP) is 2.07. The highest BCUT2D eigenvalue weighted by Gasteiger charge is 2.53. The lowest BCUT2D eigenvalue weighted by Gasteiger charge is -2.52. The molecule has 1 unspecified atom stereocenters. The van der Waals surface area contributed by atoms with E-state index in [2.05, 4.69) is 39.1 Å². The summed E-state index contributed by atoms with van der Waals surface area (Å²) in [4.78, 5) is 0. The van der Waals surface area contributed by atoms with E-state index in [-0.39, 0.29) is 11.0 Å². The fourth-order valence-corrected chi connectivity index (χ4v) is 1.87. The van der Waals surface area contributed by atoms with Crippen molar-refractivity contribution in [1.82, 2.24) is 5.32 Å². The van der Waals surface area contributed by atoms with Gasteiger partial charge in [0.15, 0.2) is 0 Å². The van der Waals surface area contributed by atoms with Crippen LogP contribution in [0.2, 0.25) is 0 Å². The summed E-state index contributed by atoms with van der Waals surface area (Å²) in [6.07, 6.45) is 2.15. The van der Waals surface area contributed by atoms with E-state index in [0.717, 1.165) is 12.8 Å². The van der Waals surface area contributed by atoms with Crippen molar-refractivity contribution in [2.45, 2.75) is 52.1 Å². The summed E-state index contributed by atoms with van der Waals surface area (Å²) in [5, 5.41) is 12.5. The van der Waals surface area contributed by atoms with Crippen LogP contribution in [0.3, 0.4) is 0 Å². The molecule has 0 bridgehead atoms. The molecule has 1 rings (SSSR count). The maximum atomic E-state index is 9.11. The van der Waals surface area contributed by atoms with Crippen LogP contribution in [0.5, 0.6) is 0 Å². The van der Waals surface area contributed by atoms with Gasteiger partial charge < -0.3 is 0 Å². The second kappa shape index (κ2) is 2.74. The highest BCUT2D eigenvalue weighted by molar-refractivity contribution is 5.22. The van der Waals surface area contributed by atoms with Gasteiger partial charge in [0.2, 0.25) is 0 Å². The van der Waals surface area contributed by atoms with Gasteiger partial charge in [0.25, 0.3) is 0 Å². The lowest BCUT2D eigenvalue weighted by atomic mass is 9.57. The van der Waals surface area contributed by atoms with E-state index in [1.807, 2.05) is 0 Å². The van der Waals surface area contributed by atoms with Gasteiger partial charge >= 0.3 is 0 Å². The van der Waals surface area contributed by atoms with Gasteiger partial charge in [0.1, 0.15) is 5.54 Å². The Morgan fingerprint density at radius 3 is 2.00 bits per heavy atom. The van der Waals surface area contributed by atoms with Crippen molar-refractivity contribution in [1.29, 1.82) is 5.26 Å². The van der Waals surface area contributed by atoms with Crippen LogP contribution < -0.4 is 5.32 Å². The Morgan fingerprint density at radius 2 is 1.92 bits per heavy atom. The normalized spacial score (nSPS) is 32.7. The van der Waals surface area contributed by atoms with E-state index in [1.165, 1.54) is 0 Å². The van der Waals surface area contributed by atoms with Crippen LogP contribution in [0.4, 0.5) is 0 Å². The Labute approximate surface area is 75.0 Å². The van der Waals surface area contributed by atoms with E-state index in [9.17, 15) is 0 Å². The van der Waals surface area contributed by atoms with Gasteiger partial charge in [-0.05, 0) is 32.1 Å². The summed E-state index contributed by atoms with van der Waals surface area (Å²) in [5.74, 6) is 0. The topological polar surface area (TPSA) is 35.8 Å². The SMILES string of the molecule is CC(C)NC1(C#N)CCC1(C)C. The van der Waals surface area contributed by atoms with E-state index < -0.39 is 0 Å². The Balaban J connectivity index is 2.73. The van der Waals surface area contributed by atoms with Gasteiger partial charge in [-0.2, -0.15) is 5.26 Å². The molecule has 0 radical (unpaired) electrons. The first-order chi connectivity index (χ1) is 5.43. The molecule has 1 aliphatic rings. The standard InChI is InChI=1S/C10H18N2/c1-8(2)12-10(7-11)6-5-9(10,3)4/h8,12H,5-6H2,1-4H3. The van der Waals surface area contributed by atoms with Crippen LogP contribution >= 0.6 is 0 Å². The molecule has 0 aromatic rings. The molecule has 0 spiro atoms. The average molecular weight is 166 g/mol. The number of nitrogens with one attached hydrogen (secondary N) is 1. The summed E-state index contributed by atoms with van der Waals surface area (Å²) in [5.41, 5.74) is -0.118. The highest BCUT2D eigenvalue weighted by atomic mass is 15.0. The van der Waals surface area contributed by atoms with Gasteiger partial charge in [-0.15, -0.1) is 0 Å². The highest BCUT2D eigenvalue weighted by Crippen LogP contribution is 2.49. The Hall–Kier alpha value is -0.550. The number of hydrogen-bond acceptors (Lipinski definition) is 2. The molecule has 0 amide bonds. The van der Waals surface area contributed by atoms with Crippen LogP contribution in [0, 0.1) is 16.7 Å². The molecule has 2 nitrogen and oxygen atoms in total. The molecule has 0 heterocycles. The molecule has 0 saturated heterocycles. The van der Waals surface area contributed by atoms with E-state index >= 15 is 0 Å². The lowest BCUT2D eigenvalue weighted by molar-refractivity contribution is 0.0407. The summed E-state index contributed by atoms with van der Waals surface area (Å²) in [7, 11) is 0. The predicted molar refractivity (Wildman–Crippen MR) is 49.6 cm³/mol. The fraction of sp³-hybridized carbons (Fsp3) is 0.900. The molecule has 1 N–H and O–H groups in total. The van der Waals surface area contributed by atoms with Crippen molar-refractivity contribution in [3.63, 3.8) is 0 Å². The van der Waals surface area contributed by atoms with Crippen molar-refractivity contribution in [3.8, 4) is 6.07 Å². The molecule has 0 aromatic heterocycles. The summed E-state index contributed by atoms with van der Waals surface area (Å²) < 4.78 is 0. The second-order valence-electron chi connectivity index (χ2n) is 4.70. The third kappa shape index (κ3) is 1.23. The van der Waals surface area contributed by atoms with E-state index in [1.54, 1.807) is 0 Å². The average Bonchev–Trinajstić information content (AvgIpc) is 1.97. The zero-order valence-corrected chi connectivity index (χ0v) is 8.44. The zero-order valence-electron chi connectivity index (χ0n) is 8.44. The van der Waals surface area contributed by atoms with Gasteiger partial charge in [0, 0.05) is 6.04 Å². The molecule has 2 heteroatoms. The Kier molecular flexibility index (Phi) is 2.18. The smallest absolute Gasteiger partial charge is 0.112 e. The number of rotatable bonds is 2. The first-order valence-electron chi connectivity index (χ1n) is 4.62. The first kappa shape index (κ1) is 9.54. The molecule has 1 fully saturated rings. The van der Waals surface area contributed by atoms with Gasteiger partial charge in [-0.3, -0.25) is 5.32 Å². The third-order valence-corrected chi connectivity index (χ3v) is 3.01. The maximum Gasteiger partial charge on any atom is 0.112 e. The van der Waals surface area contributed by atoms with Gasteiger partial charge in [-0.25, -0.2) is 0 Å². The fourth-order valence-electron chi connectivity index (χ4n) is 1.87. The third-order valence-electron chi connectivity index (χ3n) is 3.01. The van der Waals surface area contributed by atoms with Crippen molar-refractivity contribution >= 4 is 0 Å². The van der Waals surface area contributed by atoms with Gasteiger partial charge in [0.05, 0.1) is 6.07 Å². The molecule has 0 aromatic carbocycles. The summed E-state index contributed by atoms with van der Waals surface area (Å²) >= 11 is 0. The van der Waals surface area contributed by atoms with Crippen LogP contribution in [0.15, 0.2) is 0 Å². The molecule has 1 atom stereocenters. The van der Waals surface area contributed by atoms with E-state index in [4.69, 9.17) is 5.26 Å². The monoisotopic (exact) mass is 166 g/mol. The molecule has 0 aliphatic heterocycles. The lowest BCUT2D eigenvalue weighted by Crippen LogP contribution is -2.64. The quantitative estimate of drug-likeness (QED) is 0.681. The molecule has 12 heavy (non-hydrogen) atoms. The number of hydrogen-bond donors (Lipinski definition) is 1. The first-order valence-corrected chi connectivity index (χ1v) is 4.62. The summed E-state index contributed by atoms with van der Waals surface area (Å²) in [6, 6.07) is 2.82.